The molecule has 0 saturated carbocycles. The molecule has 19 heavy (non-hydrogen) atoms. The van der Waals surface area contributed by atoms with Crippen molar-refractivity contribution in [3.05, 3.63) is 59.2 Å². The quantitative estimate of drug-likeness (QED) is 0.712. The predicted molar refractivity (Wildman–Crippen MR) is 66.3 cm³/mol. The van der Waals surface area contributed by atoms with Crippen molar-refractivity contribution in [1.82, 2.24) is 9.97 Å². The van der Waals surface area contributed by atoms with E-state index in [1.54, 1.807) is 6.07 Å². The molecule has 0 unspecified atom stereocenters. The number of pyridine rings is 1. The largest absolute Gasteiger partial charge is 0.435 e. The summed E-state index contributed by atoms with van der Waals surface area (Å²) in [6.07, 6.45) is 2.59. The molecule has 0 aliphatic heterocycles. The maximum absolute atomic E-state index is 14.2. The van der Waals surface area contributed by atoms with Crippen LogP contribution in [0.1, 0.15) is 11.5 Å². The Morgan fingerprint density at radius 1 is 1.11 bits per heavy atom. The first-order chi connectivity index (χ1) is 9.07. The Labute approximate surface area is 111 Å². The third-order valence-corrected chi connectivity index (χ3v) is 2.90. The van der Waals surface area contributed by atoms with Gasteiger partial charge in [0.15, 0.2) is 5.58 Å². The molecule has 3 rings (SSSR count). The SMILES string of the molecule is FC(F)(c1ccncc1)c1nc2cc(Cl)ccc2o1. The molecule has 0 saturated heterocycles. The second-order valence-corrected chi connectivity index (χ2v) is 4.38. The normalized spacial score (nSPS) is 11.9. The van der Waals surface area contributed by atoms with Crippen LogP contribution >= 0.6 is 11.6 Å². The molecular weight excluding hydrogens is 274 g/mol. The molecule has 2 heterocycles. The van der Waals surface area contributed by atoms with Gasteiger partial charge in [0.25, 0.3) is 5.89 Å². The number of fused-ring (bicyclic) bond motifs is 1. The third-order valence-electron chi connectivity index (χ3n) is 2.66. The van der Waals surface area contributed by atoms with E-state index in [-0.39, 0.29) is 11.1 Å². The summed E-state index contributed by atoms with van der Waals surface area (Å²) in [5.41, 5.74) is 0.351. The highest BCUT2D eigenvalue weighted by atomic mass is 35.5. The van der Waals surface area contributed by atoms with Crippen molar-refractivity contribution in [1.29, 1.82) is 0 Å². The van der Waals surface area contributed by atoms with Gasteiger partial charge < -0.3 is 4.42 Å². The number of oxazole rings is 1. The first kappa shape index (κ1) is 12.0. The highest BCUT2D eigenvalue weighted by Gasteiger charge is 2.39. The molecule has 1 aromatic carbocycles. The van der Waals surface area contributed by atoms with Gasteiger partial charge in [0.2, 0.25) is 0 Å². The lowest BCUT2D eigenvalue weighted by Gasteiger charge is -2.11. The molecule has 0 fully saturated rings. The Morgan fingerprint density at radius 2 is 1.84 bits per heavy atom. The zero-order valence-electron chi connectivity index (χ0n) is 9.48. The van der Waals surface area contributed by atoms with Crippen LogP contribution in [-0.2, 0) is 5.92 Å². The van der Waals surface area contributed by atoms with Gasteiger partial charge in [-0.05, 0) is 30.3 Å². The summed E-state index contributed by atoms with van der Waals surface area (Å²) in [6, 6.07) is 7.00. The van der Waals surface area contributed by atoms with E-state index in [2.05, 4.69) is 9.97 Å². The van der Waals surface area contributed by atoms with E-state index in [1.807, 2.05) is 0 Å². The molecule has 0 amide bonds. The summed E-state index contributed by atoms with van der Waals surface area (Å²) >= 11 is 5.78. The molecule has 0 radical (unpaired) electrons. The van der Waals surface area contributed by atoms with Crippen LogP contribution in [0.5, 0.6) is 0 Å². The van der Waals surface area contributed by atoms with Crippen LogP contribution < -0.4 is 0 Å². The topological polar surface area (TPSA) is 38.9 Å². The van der Waals surface area contributed by atoms with E-state index in [0.717, 1.165) is 0 Å². The highest BCUT2D eigenvalue weighted by Crippen LogP contribution is 2.36. The zero-order valence-corrected chi connectivity index (χ0v) is 10.2. The van der Waals surface area contributed by atoms with Crippen molar-refractivity contribution in [3.63, 3.8) is 0 Å². The van der Waals surface area contributed by atoms with Crippen molar-refractivity contribution in [3.8, 4) is 0 Å². The number of nitrogens with zero attached hydrogens (tertiary/aromatic N) is 2. The van der Waals surface area contributed by atoms with Crippen LogP contribution in [0.3, 0.4) is 0 Å². The number of hydrogen-bond acceptors (Lipinski definition) is 3. The van der Waals surface area contributed by atoms with E-state index < -0.39 is 11.8 Å². The Balaban J connectivity index is 2.13. The Morgan fingerprint density at radius 3 is 2.58 bits per heavy atom. The maximum Gasteiger partial charge on any atom is 0.347 e. The average molecular weight is 281 g/mol. The fraction of sp³-hybridized carbons (Fsp3) is 0.0769. The Kier molecular flexibility index (Phi) is 2.71. The van der Waals surface area contributed by atoms with Gasteiger partial charge in [-0.3, -0.25) is 4.98 Å². The van der Waals surface area contributed by atoms with E-state index in [9.17, 15) is 8.78 Å². The lowest BCUT2D eigenvalue weighted by atomic mass is 10.1. The van der Waals surface area contributed by atoms with Gasteiger partial charge in [-0.25, -0.2) is 4.98 Å². The first-order valence-electron chi connectivity index (χ1n) is 5.42. The summed E-state index contributed by atoms with van der Waals surface area (Å²) in [5.74, 6) is -3.97. The predicted octanol–water partition coefficient (Wildman–Crippen LogP) is 4.02. The lowest BCUT2D eigenvalue weighted by molar-refractivity contribution is 0.0147. The minimum absolute atomic E-state index is 0.222. The van der Waals surface area contributed by atoms with Crippen LogP contribution in [0.25, 0.3) is 11.1 Å². The van der Waals surface area contributed by atoms with E-state index in [4.69, 9.17) is 16.0 Å². The summed E-state index contributed by atoms with van der Waals surface area (Å²) in [4.78, 5) is 7.51. The fourth-order valence-electron chi connectivity index (χ4n) is 1.72. The lowest BCUT2D eigenvalue weighted by Crippen LogP contribution is -2.15. The number of aromatic nitrogens is 2. The van der Waals surface area contributed by atoms with Crippen LogP contribution in [-0.4, -0.2) is 9.97 Å². The summed E-state index contributed by atoms with van der Waals surface area (Å²) in [7, 11) is 0. The van der Waals surface area contributed by atoms with Crippen molar-refractivity contribution in [2.24, 2.45) is 0 Å². The molecule has 0 aliphatic rings. The van der Waals surface area contributed by atoms with Gasteiger partial charge >= 0.3 is 5.92 Å². The molecule has 0 N–H and O–H groups in total. The van der Waals surface area contributed by atoms with Gasteiger partial charge in [-0.2, -0.15) is 8.78 Å². The van der Waals surface area contributed by atoms with E-state index >= 15 is 0 Å². The van der Waals surface area contributed by atoms with Crippen molar-refractivity contribution in [2.45, 2.75) is 5.92 Å². The molecule has 3 aromatic rings. The third kappa shape index (κ3) is 2.06. The fourth-order valence-corrected chi connectivity index (χ4v) is 1.89. The number of benzene rings is 1. The van der Waals surface area contributed by atoms with Gasteiger partial charge in [0.1, 0.15) is 5.52 Å². The number of hydrogen-bond donors (Lipinski definition) is 0. The minimum Gasteiger partial charge on any atom is -0.435 e. The van der Waals surface area contributed by atoms with E-state index in [1.165, 1.54) is 36.7 Å². The molecule has 2 aromatic heterocycles. The standard InChI is InChI=1S/C13H7ClF2N2O/c14-9-1-2-11-10(7-9)18-12(19-11)13(15,16)8-3-5-17-6-4-8/h1-7H. The van der Waals surface area contributed by atoms with Gasteiger partial charge in [-0.15, -0.1) is 0 Å². The molecule has 0 bridgehead atoms. The maximum atomic E-state index is 14.2. The van der Waals surface area contributed by atoms with Crippen molar-refractivity contribution in [2.75, 3.05) is 0 Å². The molecular formula is C13H7ClF2N2O. The number of rotatable bonds is 2. The van der Waals surface area contributed by atoms with E-state index in [0.29, 0.717) is 10.5 Å². The second kappa shape index (κ2) is 4.28. The Bertz CT molecular complexity index is 728. The molecule has 0 aliphatic carbocycles. The second-order valence-electron chi connectivity index (χ2n) is 3.94. The van der Waals surface area contributed by atoms with Gasteiger partial charge in [0, 0.05) is 23.0 Å². The number of alkyl halides is 2. The van der Waals surface area contributed by atoms with Crippen LogP contribution in [0, 0.1) is 0 Å². The van der Waals surface area contributed by atoms with Crippen molar-refractivity contribution >= 4 is 22.7 Å². The minimum atomic E-state index is -3.31. The highest BCUT2D eigenvalue weighted by molar-refractivity contribution is 6.31. The smallest absolute Gasteiger partial charge is 0.347 e. The van der Waals surface area contributed by atoms with Gasteiger partial charge in [0.05, 0.1) is 0 Å². The first-order valence-corrected chi connectivity index (χ1v) is 5.80. The van der Waals surface area contributed by atoms with Crippen LogP contribution in [0.2, 0.25) is 5.02 Å². The zero-order chi connectivity index (χ0) is 13.5. The summed E-state index contributed by atoms with van der Waals surface area (Å²) in [6.45, 7) is 0. The average Bonchev–Trinajstić information content (AvgIpc) is 2.83. The van der Waals surface area contributed by atoms with Crippen molar-refractivity contribution < 1.29 is 13.2 Å². The Hall–Kier alpha value is -2.01. The molecule has 6 heteroatoms. The summed E-state index contributed by atoms with van der Waals surface area (Å²) in [5, 5.41) is 0.416. The molecule has 3 nitrogen and oxygen atoms in total. The van der Waals surface area contributed by atoms with Crippen LogP contribution in [0.15, 0.2) is 47.1 Å². The van der Waals surface area contributed by atoms with Crippen LogP contribution in [0.4, 0.5) is 8.78 Å². The number of halogens is 3. The molecule has 96 valence electrons. The van der Waals surface area contributed by atoms with Gasteiger partial charge in [-0.1, -0.05) is 11.6 Å². The monoisotopic (exact) mass is 280 g/mol. The molecule has 0 atom stereocenters. The summed E-state index contributed by atoms with van der Waals surface area (Å²) < 4.78 is 33.5. The molecule has 0 spiro atoms.